The van der Waals surface area contributed by atoms with Gasteiger partial charge in [0, 0.05) is 0 Å². The maximum Gasteiger partial charge on any atom is 0.340 e. The molecule has 45 heavy (non-hydrogen) atoms. The Labute approximate surface area is 249 Å². The van der Waals surface area contributed by atoms with E-state index in [4.69, 9.17) is 18.9 Å². The summed E-state index contributed by atoms with van der Waals surface area (Å²) in [5.74, 6) is -12.3. The number of carbonyl (C=O) groups excluding carboxylic acids is 3. The second-order valence-corrected chi connectivity index (χ2v) is 9.49. The fraction of sp³-hybridized carbons (Fsp3) is 0.222. The number of rotatable bonds is 7. The van der Waals surface area contributed by atoms with Gasteiger partial charge in [-0.1, -0.05) is 0 Å². The molecule has 11 N–H and O–H groups in total. The highest BCUT2D eigenvalue weighted by Crippen LogP contribution is 2.38. The summed E-state index contributed by atoms with van der Waals surface area (Å²) in [5.41, 5.74) is -1.62. The number of aliphatic hydroxyl groups excluding tert-OH is 2. The average molecular weight is 636 g/mol. The van der Waals surface area contributed by atoms with E-state index in [1.807, 2.05) is 0 Å². The number of aromatic hydroxyl groups is 9. The van der Waals surface area contributed by atoms with E-state index < -0.39 is 124 Å². The molecule has 1 aliphatic heterocycles. The van der Waals surface area contributed by atoms with Gasteiger partial charge in [-0.3, -0.25) is 0 Å². The van der Waals surface area contributed by atoms with E-state index in [1.165, 1.54) is 0 Å². The molecule has 3 unspecified atom stereocenters. The van der Waals surface area contributed by atoms with Gasteiger partial charge in [0.2, 0.25) is 6.29 Å². The summed E-state index contributed by atoms with van der Waals surface area (Å²) < 4.78 is 20.6. The zero-order chi connectivity index (χ0) is 33.3. The Bertz CT molecular complexity index is 1580. The van der Waals surface area contributed by atoms with E-state index in [0.717, 1.165) is 12.1 Å². The maximum atomic E-state index is 12.8. The first kappa shape index (κ1) is 32.1. The van der Waals surface area contributed by atoms with Gasteiger partial charge in [-0.05, 0) is 36.4 Å². The Hall–Kier alpha value is -5.85. The number of benzene rings is 3. The van der Waals surface area contributed by atoms with Crippen molar-refractivity contribution in [3.63, 3.8) is 0 Å². The van der Waals surface area contributed by atoms with E-state index in [9.17, 15) is 70.6 Å². The maximum absolute atomic E-state index is 12.8. The summed E-state index contributed by atoms with van der Waals surface area (Å²) in [6.45, 7) is -0.918. The van der Waals surface area contributed by atoms with Gasteiger partial charge in [0.1, 0.15) is 18.8 Å². The lowest BCUT2D eigenvalue weighted by Crippen LogP contribution is -2.61. The molecule has 18 heteroatoms. The Balaban J connectivity index is 1.59. The third-order valence-corrected chi connectivity index (χ3v) is 6.40. The average Bonchev–Trinajstić information content (AvgIpc) is 2.99. The number of phenols is 9. The molecule has 3 aromatic rings. The fourth-order valence-electron chi connectivity index (χ4n) is 4.05. The predicted octanol–water partition coefficient (Wildman–Crippen LogP) is -0.277. The number of esters is 3. The number of phenolic OH excluding ortho intramolecular Hbond substituents is 9. The van der Waals surface area contributed by atoms with Crippen molar-refractivity contribution in [2.75, 3.05) is 6.61 Å². The topological polar surface area (TPSA) is 311 Å². The number of ether oxygens (including phenoxy) is 4. The molecule has 0 spiro atoms. The molecule has 5 atom stereocenters. The minimum Gasteiger partial charge on any atom is -0.504 e. The number of hydrogen-bond donors (Lipinski definition) is 11. The first-order valence-electron chi connectivity index (χ1n) is 12.4. The van der Waals surface area contributed by atoms with Crippen LogP contribution in [-0.2, 0) is 18.9 Å². The van der Waals surface area contributed by atoms with Crippen molar-refractivity contribution in [2.45, 2.75) is 30.7 Å². The molecule has 4 rings (SSSR count). The molecule has 240 valence electrons. The number of carbonyl (C=O) groups is 3. The van der Waals surface area contributed by atoms with Gasteiger partial charge in [0.15, 0.2) is 64.0 Å². The van der Waals surface area contributed by atoms with E-state index in [2.05, 4.69) is 0 Å². The highest BCUT2D eigenvalue weighted by atomic mass is 16.7. The van der Waals surface area contributed by atoms with Crippen LogP contribution in [0.5, 0.6) is 51.7 Å². The third-order valence-electron chi connectivity index (χ3n) is 6.40. The van der Waals surface area contributed by atoms with Gasteiger partial charge >= 0.3 is 17.9 Å². The van der Waals surface area contributed by atoms with Crippen LogP contribution in [0.3, 0.4) is 0 Å². The smallest absolute Gasteiger partial charge is 0.340 e. The van der Waals surface area contributed by atoms with Gasteiger partial charge in [-0.15, -0.1) is 0 Å². The lowest BCUT2D eigenvalue weighted by atomic mass is 9.98. The normalized spacial score (nSPS) is 21.1. The van der Waals surface area contributed by atoms with Crippen molar-refractivity contribution < 1.29 is 89.5 Å². The molecule has 0 bridgehead atoms. The molecule has 0 aliphatic carbocycles. The Kier molecular flexibility index (Phi) is 8.84. The van der Waals surface area contributed by atoms with Crippen molar-refractivity contribution in [1.82, 2.24) is 0 Å². The van der Waals surface area contributed by atoms with Gasteiger partial charge in [-0.25, -0.2) is 14.4 Å². The molecule has 0 amide bonds. The number of hydrogen-bond acceptors (Lipinski definition) is 18. The monoisotopic (exact) mass is 636 g/mol. The molecule has 1 heterocycles. The van der Waals surface area contributed by atoms with Gasteiger partial charge in [0.05, 0.1) is 16.7 Å². The van der Waals surface area contributed by atoms with E-state index in [0.29, 0.717) is 24.3 Å². The van der Waals surface area contributed by atoms with E-state index in [-0.39, 0.29) is 0 Å². The summed E-state index contributed by atoms with van der Waals surface area (Å²) in [5, 5.41) is 108. The zero-order valence-electron chi connectivity index (χ0n) is 22.3. The first-order chi connectivity index (χ1) is 21.1. The fourth-order valence-corrected chi connectivity index (χ4v) is 4.05. The van der Waals surface area contributed by atoms with Gasteiger partial charge in [0.25, 0.3) is 0 Å². The van der Waals surface area contributed by atoms with Crippen molar-refractivity contribution >= 4 is 17.9 Å². The highest BCUT2D eigenvalue weighted by molar-refractivity contribution is 5.92. The summed E-state index contributed by atoms with van der Waals surface area (Å²) in [7, 11) is 0. The van der Waals surface area contributed by atoms with E-state index >= 15 is 0 Å². The Morgan fingerprint density at radius 2 is 0.911 bits per heavy atom. The molecule has 3 aromatic carbocycles. The Morgan fingerprint density at radius 3 is 1.31 bits per heavy atom. The van der Waals surface area contributed by atoms with Crippen LogP contribution in [0.25, 0.3) is 0 Å². The van der Waals surface area contributed by atoms with Crippen molar-refractivity contribution in [2.24, 2.45) is 0 Å². The molecular weight excluding hydrogens is 612 g/mol. The molecule has 0 saturated carbocycles. The summed E-state index contributed by atoms with van der Waals surface area (Å²) in [6, 6.07) is 4.20. The SMILES string of the molecule is O=C(OCC1O[C@@H](OC(=O)c2cc(O)c(O)c(O)c2)C(O)C(OC(=O)c2cc(O)c(O)c(O)c2)[C@@H]1O)c1cc(O)c(O)c(O)c1. The Morgan fingerprint density at radius 1 is 0.556 bits per heavy atom. The van der Waals surface area contributed by atoms with Crippen LogP contribution in [-0.4, -0.2) is 111 Å². The lowest BCUT2D eigenvalue weighted by molar-refractivity contribution is -0.284. The van der Waals surface area contributed by atoms with Crippen LogP contribution < -0.4 is 0 Å². The van der Waals surface area contributed by atoms with Crippen molar-refractivity contribution in [1.29, 1.82) is 0 Å². The molecule has 1 saturated heterocycles. The van der Waals surface area contributed by atoms with Crippen LogP contribution in [0, 0.1) is 0 Å². The molecule has 1 aliphatic rings. The molecule has 18 nitrogen and oxygen atoms in total. The van der Waals surface area contributed by atoms with Crippen LogP contribution in [0.2, 0.25) is 0 Å². The van der Waals surface area contributed by atoms with Crippen LogP contribution in [0.15, 0.2) is 36.4 Å². The van der Waals surface area contributed by atoms with Crippen molar-refractivity contribution in [3.8, 4) is 51.7 Å². The second-order valence-electron chi connectivity index (χ2n) is 9.49. The standard InChI is InChI=1S/C27H24O18/c28-11-1-8(2-12(29)18(11)34)24(39)42-7-17-21(37)23(44-25(40)9-3-13(30)19(35)14(31)4-9)22(38)27(43-17)45-26(41)10-5-15(32)20(36)16(33)6-10/h1-6,17,21-23,27-38H,7H2/t17?,21-,22?,23?,27+/m1/s1. The van der Waals surface area contributed by atoms with E-state index in [1.54, 1.807) is 0 Å². The molecular formula is C27H24O18. The third kappa shape index (κ3) is 6.56. The van der Waals surface area contributed by atoms with Crippen LogP contribution >= 0.6 is 0 Å². The van der Waals surface area contributed by atoms with Gasteiger partial charge < -0.3 is 75.1 Å². The predicted molar refractivity (Wildman–Crippen MR) is 140 cm³/mol. The molecule has 0 radical (unpaired) electrons. The zero-order valence-corrected chi connectivity index (χ0v) is 22.3. The lowest BCUT2D eigenvalue weighted by Gasteiger charge is -2.41. The first-order valence-corrected chi connectivity index (χ1v) is 12.4. The quantitative estimate of drug-likeness (QED) is 0.0902. The largest absolute Gasteiger partial charge is 0.504 e. The molecule has 1 fully saturated rings. The number of aliphatic hydroxyl groups is 2. The minimum absolute atomic E-state index is 0.474. The van der Waals surface area contributed by atoms with Gasteiger partial charge in [-0.2, -0.15) is 0 Å². The summed E-state index contributed by atoms with van der Waals surface area (Å²) >= 11 is 0. The summed E-state index contributed by atoms with van der Waals surface area (Å²) in [4.78, 5) is 38.1. The highest BCUT2D eigenvalue weighted by Gasteiger charge is 2.49. The second kappa shape index (κ2) is 12.4. The van der Waals surface area contributed by atoms with Crippen LogP contribution in [0.4, 0.5) is 0 Å². The minimum atomic E-state index is -2.19. The summed E-state index contributed by atoms with van der Waals surface area (Å²) in [6.07, 6.45) is -10.2. The van der Waals surface area contributed by atoms with Crippen LogP contribution in [0.1, 0.15) is 31.1 Å². The molecule has 0 aromatic heterocycles. The van der Waals surface area contributed by atoms with Crippen molar-refractivity contribution in [3.05, 3.63) is 53.1 Å².